The lowest BCUT2D eigenvalue weighted by atomic mass is 9.99. The minimum Gasteiger partial charge on any atom is -0.370 e. The molecule has 0 amide bonds. The highest BCUT2D eigenvalue weighted by atomic mass is 32.1. The number of aromatic nitrogens is 1. The van der Waals surface area contributed by atoms with Gasteiger partial charge < -0.3 is 5.32 Å². The largest absolute Gasteiger partial charge is 0.370 e. The molecule has 18 heavy (non-hydrogen) atoms. The highest BCUT2D eigenvalue weighted by Crippen LogP contribution is 2.32. The van der Waals surface area contributed by atoms with E-state index in [1.54, 1.807) is 0 Å². The molecule has 0 aliphatic carbocycles. The number of anilines is 1. The number of nitrogens with zero attached hydrogens (tertiary/aromatic N) is 3. The number of rotatable bonds is 2. The van der Waals surface area contributed by atoms with E-state index in [1.165, 1.54) is 50.3 Å². The van der Waals surface area contributed by atoms with E-state index in [0.717, 1.165) is 16.3 Å². The Morgan fingerprint density at radius 3 is 3.11 bits per heavy atom. The van der Waals surface area contributed by atoms with Crippen LogP contribution in [-0.2, 0) is 0 Å². The van der Waals surface area contributed by atoms with Crippen LogP contribution < -0.4 is 5.32 Å². The van der Waals surface area contributed by atoms with Crippen molar-refractivity contribution in [2.24, 2.45) is 0 Å². The molecule has 1 N–H and O–H groups in total. The van der Waals surface area contributed by atoms with Gasteiger partial charge in [-0.3, -0.25) is 4.90 Å². The molecule has 0 bridgehead atoms. The molecule has 2 aliphatic rings. The molecule has 2 fully saturated rings. The second-order valence-corrected chi connectivity index (χ2v) is 6.00. The zero-order valence-electron chi connectivity index (χ0n) is 10.6. The SMILES string of the molecule is Cc1nsc(NC2CCN3CCCCC23)c1C#N. The molecular weight excluding hydrogens is 244 g/mol. The number of piperidine rings is 1. The van der Waals surface area contributed by atoms with Crippen molar-refractivity contribution in [3.8, 4) is 6.07 Å². The van der Waals surface area contributed by atoms with Crippen LogP contribution in [0.2, 0.25) is 0 Å². The van der Waals surface area contributed by atoms with Crippen molar-refractivity contribution in [2.75, 3.05) is 18.4 Å². The van der Waals surface area contributed by atoms with Crippen LogP contribution in [0, 0.1) is 18.3 Å². The molecule has 3 rings (SSSR count). The van der Waals surface area contributed by atoms with Gasteiger partial charge in [-0.05, 0) is 44.3 Å². The van der Waals surface area contributed by atoms with Gasteiger partial charge in [0.25, 0.3) is 0 Å². The predicted molar refractivity (Wildman–Crippen MR) is 72.8 cm³/mol. The molecule has 2 unspecified atom stereocenters. The molecule has 3 heterocycles. The van der Waals surface area contributed by atoms with Gasteiger partial charge in [0.15, 0.2) is 0 Å². The summed E-state index contributed by atoms with van der Waals surface area (Å²) >= 11 is 1.42. The molecule has 0 aromatic carbocycles. The zero-order chi connectivity index (χ0) is 12.5. The molecule has 2 saturated heterocycles. The third kappa shape index (κ3) is 2.00. The monoisotopic (exact) mass is 262 g/mol. The number of aryl methyl sites for hydroxylation is 1. The van der Waals surface area contributed by atoms with E-state index in [4.69, 9.17) is 5.26 Å². The highest BCUT2D eigenvalue weighted by molar-refractivity contribution is 7.10. The van der Waals surface area contributed by atoms with E-state index >= 15 is 0 Å². The Hall–Kier alpha value is -1.12. The molecule has 0 spiro atoms. The Morgan fingerprint density at radius 1 is 1.39 bits per heavy atom. The van der Waals surface area contributed by atoms with Crippen LogP contribution in [0.3, 0.4) is 0 Å². The summed E-state index contributed by atoms with van der Waals surface area (Å²) in [5.74, 6) is 0. The number of hydrogen-bond donors (Lipinski definition) is 1. The fourth-order valence-corrected chi connectivity index (χ4v) is 3.99. The summed E-state index contributed by atoms with van der Waals surface area (Å²) in [4.78, 5) is 2.60. The Balaban J connectivity index is 1.75. The van der Waals surface area contributed by atoms with Crippen LogP contribution in [-0.4, -0.2) is 34.4 Å². The maximum atomic E-state index is 9.16. The molecule has 0 radical (unpaired) electrons. The summed E-state index contributed by atoms with van der Waals surface area (Å²) in [5, 5.41) is 13.7. The lowest BCUT2D eigenvalue weighted by Crippen LogP contribution is -2.41. The van der Waals surface area contributed by atoms with E-state index in [2.05, 4.69) is 20.7 Å². The summed E-state index contributed by atoms with van der Waals surface area (Å²) in [6, 6.07) is 3.42. The van der Waals surface area contributed by atoms with E-state index in [9.17, 15) is 0 Å². The number of nitriles is 1. The van der Waals surface area contributed by atoms with Gasteiger partial charge in [0.05, 0.1) is 5.69 Å². The topological polar surface area (TPSA) is 52.0 Å². The van der Waals surface area contributed by atoms with Crippen molar-refractivity contribution in [3.63, 3.8) is 0 Å². The van der Waals surface area contributed by atoms with Crippen LogP contribution in [0.4, 0.5) is 5.00 Å². The van der Waals surface area contributed by atoms with Crippen LogP contribution in [0.15, 0.2) is 0 Å². The first-order valence-electron chi connectivity index (χ1n) is 6.66. The van der Waals surface area contributed by atoms with Gasteiger partial charge in [-0.25, -0.2) is 0 Å². The van der Waals surface area contributed by atoms with E-state index in [1.807, 2.05) is 6.92 Å². The maximum absolute atomic E-state index is 9.16. The molecule has 96 valence electrons. The Bertz CT molecular complexity index is 476. The van der Waals surface area contributed by atoms with Crippen molar-refractivity contribution < 1.29 is 0 Å². The minimum absolute atomic E-state index is 0.497. The molecule has 1 aromatic rings. The van der Waals surface area contributed by atoms with Crippen LogP contribution in [0.25, 0.3) is 0 Å². The maximum Gasteiger partial charge on any atom is 0.127 e. The lowest BCUT2D eigenvalue weighted by Gasteiger charge is -2.32. The third-order valence-electron chi connectivity index (χ3n) is 4.15. The molecule has 2 aliphatic heterocycles. The average molecular weight is 262 g/mol. The van der Waals surface area contributed by atoms with Gasteiger partial charge in [0.2, 0.25) is 0 Å². The second kappa shape index (κ2) is 4.87. The number of fused-ring (bicyclic) bond motifs is 1. The number of hydrogen-bond acceptors (Lipinski definition) is 5. The van der Waals surface area contributed by atoms with E-state index < -0.39 is 0 Å². The van der Waals surface area contributed by atoms with Crippen LogP contribution >= 0.6 is 11.5 Å². The Kier molecular flexibility index (Phi) is 3.23. The number of nitrogens with one attached hydrogen (secondary N) is 1. The summed E-state index contributed by atoms with van der Waals surface area (Å²) in [6.45, 7) is 4.35. The predicted octanol–water partition coefficient (Wildman–Crippen LogP) is 2.36. The van der Waals surface area contributed by atoms with Crippen LogP contribution in [0.5, 0.6) is 0 Å². The smallest absolute Gasteiger partial charge is 0.127 e. The first kappa shape index (κ1) is 11.9. The fourth-order valence-electron chi connectivity index (χ4n) is 3.18. The highest BCUT2D eigenvalue weighted by Gasteiger charge is 2.35. The van der Waals surface area contributed by atoms with E-state index in [0.29, 0.717) is 12.1 Å². The van der Waals surface area contributed by atoms with Crippen LogP contribution in [0.1, 0.15) is 36.9 Å². The van der Waals surface area contributed by atoms with Crippen molar-refractivity contribution in [1.82, 2.24) is 9.27 Å². The normalized spacial score (nSPS) is 27.8. The summed E-state index contributed by atoms with van der Waals surface area (Å²) < 4.78 is 4.28. The Labute approximate surface area is 112 Å². The molecule has 2 atom stereocenters. The lowest BCUT2D eigenvalue weighted by molar-refractivity contribution is 0.193. The first-order chi connectivity index (χ1) is 8.79. The summed E-state index contributed by atoms with van der Waals surface area (Å²) in [7, 11) is 0. The standard InChI is InChI=1S/C13H18N4S/c1-9-10(8-14)13(18-16-9)15-11-5-7-17-6-3-2-4-12(11)17/h11-12,15H,2-7H2,1H3. The van der Waals surface area contributed by atoms with Gasteiger partial charge in [-0.15, -0.1) is 0 Å². The van der Waals surface area contributed by atoms with Gasteiger partial charge >= 0.3 is 0 Å². The third-order valence-corrected chi connectivity index (χ3v) is 5.02. The second-order valence-electron chi connectivity index (χ2n) is 5.22. The molecule has 1 aromatic heterocycles. The average Bonchev–Trinajstić information content (AvgIpc) is 2.95. The zero-order valence-corrected chi connectivity index (χ0v) is 11.5. The van der Waals surface area contributed by atoms with Crippen molar-refractivity contribution in [1.29, 1.82) is 5.26 Å². The summed E-state index contributed by atoms with van der Waals surface area (Å²) in [6.07, 6.45) is 5.16. The summed E-state index contributed by atoms with van der Waals surface area (Å²) in [5.41, 5.74) is 1.58. The van der Waals surface area contributed by atoms with Gasteiger partial charge in [-0.1, -0.05) is 6.42 Å². The minimum atomic E-state index is 0.497. The van der Waals surface area contributed by atoms with Gasteiger partial charge in [-0.2, -0.15) is 9.64 Å². The quantitative estimate of drug-likeness (QED) is 0.889. The molecular formula is C13H18N4S. The van der Waals surface area contributed by atoms with Crippen molar-refractivity contribution in [2.45, 2.75) is 44.7 Å². The van der Waals surface area contributed by atoms with Crippen molar-refractivity contribution >= 4 is 16.5 Å². The Morgan fingerprint density at radius 2 is 2.28 bits per heavy atom. The first-order valence-corrected chi connectivity index (χ1v) is 7.44. The van der Waals surface area contributed by atoms with Gasteiger partial charge in [0, 0.05) is 18.6 Å². The molecule has 5 heteroatoms. The fraction of sp³-hybridized carbons (Fsp3) is 0.692. The van der Waals surface area contributed by atoms with Crippen molar-refractivity contribution in [3.05, 3.63) is 11.3 Å². The van der Waals surface area contributed by atoms with E-state index in [-0.39, 0.29) is 0 Å². The molecule has 0 saturated carbocycles. The van der Waals surface area contributed by atoms with Gasteiger partial charge in [0.1, 0.15) is 16.6 Å². The molecule has 4 nitrogen and oxygen atoms in total.